The largest absolute Gasteiger partial charge is 0.273 e. The summed E-state index contributed by atoms with van der Waals surface area (Å²) in [7, 11) is 0. The first kappa shape index (κ1) is 9.49. The van der Waals surface area contributed by atoms with Gasteiger partial charge in [-0.2, -0.15) is 0 Å². The predicted molar refractivity (Wildman–Crippen MR) is 49.5 cm³/mol. The van der Waals surface area contributed by atoms with Gasteiger partial charge in [0.2, 0.25) is 0 Å². The van der Waals surface area contributed by atoms with Gasteiger partial charge in [-0.25, -0.2) is 0 Å². The number of hydrogen-bond acceptors (Lipinski definition) is 2. The molecule has 1 unspecified atom stereocenters. The normalized spacial score (nSPS) is 32.2. The lowest BCUT2D eigenvalue weighted by molar-refractivity contribution is 0.101. The zero-order valence-corrected chi connectivity index (χ0v) is 9.40. The molecule has 1 saturated heterocycles. The molecule has 1 heterocycles. The Morgan fingerprint density at radius 1 is 1.18 bits per heavy atom. The Labute approximate surface area is 77.0 Å². The second-order valence-corrected chi connectivity index (χ2v) is 6.56. The molecule has 0 spiro atoms. The van der Waals surface area contributed by atoms with Crippen LogP contribution >= 0.6 is 15.9 Å². The highest BCUT2D eigenvalue weighted by molar-refractivity contribution is 9.10. The summed E-state index contributed by atoms with van der Waals surface area (Å²) < 4.78 is 0.0558. The first-order chi connectivity index (χ1) is 4.73. The lowest BCUT2D eigenvalue weighted by Gasteiger charge is -2.19. The quantitative estimate of drug-likeness (QED) is 0.500. The summed E-state index contributed by atoms with van der Waals surface area (Å²) in [6.45, 7) is 10.7. The predicted octanol–water partition coefficient (Wildman–Crippen LogP) is 2.53. The molecule has 0 amide bonds. The van der Waals surface area contributed by atoms with Crippen molar-refractivity contribution >= 4 is 15.9 Å². The van der Waals surface area contributed by atoms with Crippen LogP contribution in [0.1, 0.15) is 34.6 Å². The number of hydroxylamine groups is 2. The molecule has 0 aromatic carbocycles. The highest BCUT2D eigenvalue weighted by atomic mass is 79.9. The Morgan fingerprint density at radius 3 is 1.73 bits per heavy atom. The van der Waals surface area contributed by atoms with E-state index in [0.717, 1.165) is 0 Å². The van der Waals surface area contributed by atoms with Gasteiger partial charge in [0.05, 0.1) is 4.32 Å². The van der Waals surface area contributed by atoms with Crippen molar-refractivity contribution in [2.75, 3.05) is 0 Å². The lowest BCUT2D eigenvalue weighted by Crippen LogP contribution is -2.32. The Kier molecular flexibility index (Phi) is 2.11. The van der Waals surface area contributed by atoms with E-state index in [9.17, 15) is 0 Å². The van der Waals surface area contributed by atoms with Gasteiger partial charge in [0.1, 0.15) is 0 Å². The van der Waals surface area contributed by atoms with Gasteiger partial charge in [0, 0.05) is 5.54 Å². The van der Waals surface area contributed by atoms with Crippen LogP contribution in [-0.4, -0.2) is 21.2 Å². The third-order valence-electron chi connectivity index (χ3n) is 1.63. The van der Waals surface area contributed by atoms with Crippen molar-refractivity contribution in [1.29, 1.82) is 0 Å². The van der Waals surface area contributed by atoms with Crippen molar-refractivity contribution in [1.82, 2.24) is 5.06 Å². The van der Waals surface area contributed by atoms with Crippen molar-refractivity contribution in [3.05, 3.63) is 0 Å². The molecular formula is C8H16BrNO. The Balaban J connectivity index is 2.51. The van der Waals surface area contributed by atoms with Crippen molar-refractivity contribution in [2.24, 2.45) is 0 Å². The highest BCUT2D eigenvalue weighted by Gasteiger charge is 2.52. The molecule has 1 fully saturated rings. The molecule has 0 N–H and O–H groups in total. The van der Waals surface area contributed by atoms with E-state index in [4.69, 9.17) is 4.84 Å². The number of hydrogen-bond donors (Lipinski definition) is 0. The van der Waals surface area contributed by atoms with E-state index in [0.29, 0.717) is 0 Å². The first-order valence-electron chi connectivity index (χ1n) is 3.88. The Bertz CT molecular complexity index is 138. The molecule has 0 aromatic heterocycles. The summed E-state index contributed by atoms with van der Waals surface area (Å²) in [5.74, 6) is 0. The standard InChI is InChI=1S/C8H16BrNO/c1-7(2,3)10-6(11-10)8(4,5)9/h6H,1-5H3/t6-,10?/m1/s1. The average Bonchev–Trinajstić information content (AvgIpc) is 2.30. The van der Waals surface area contributed by atoms with E-state index in [1.807, 2.05) is 5.06 Å². The van der Waals surface area contributed by atoms with Gasteiger partial charge in [-0.3, -0.25) is 4.84 Å². The topological polar surface area (TPSA) is 15.5 Å². The molecule has 0 radical (unpaired) electrons. The second-order valence-electron chi connectivity index (χ2n) is 4.52. The molecule has 0 aromatic rings. The fourth-order valence-electron chi connectivity index (χ4n) is 0.994. The summed E-state index contributed by atoms with van der Waals surface area (Å²) in [5.41, 5.74) is 0.121. The molecule has 11 heavy (non-hydrogen) atoms. The third kappa shape index (κ3) is 2.17. The maximum atomic E-state index is 5.43. The molecule has 0 aliphatic carbocycles. The molecule has 1 rings (SSSR count). The van der Waals surface area contributed by atoms with Crippen LogP contribution in [0.4, 0.5) is 0 Å². The van der Waals surface area contributed by atoms with Crippen molar-refractivity contribution in [3.8, 4) is 0 Å². The minimum absolute atomic E-state index is 0.0558. The number of alkyl halides is 1. The lowest BCUT2D eigenvalue weighted by atomic mass is 10.1. The van der Waals surface area contributed by atoms with Crippen molar-refractivity contribution < 1.29 is 4.84 Å². The molecular weight excluding hydrogens is 206 g/mol. The summed E-state index contributed by atoms with van der Waals surface area (Å²) in [4.78, 5) is 5.43. The van der Waals surface area contributed by atoms with Crippen LogP contribution in [0.25, 0.3) is 0 Å². The van der Waals surface area contributed by atoms with Gasteiger partial charge in [0.15, 0.2) is 6.23 Å². The van der Waals surface area contributed by atoms with Gasteiger partial charge >= 0.3 is 0 Å². The molecule has 2 atom stereocenters. The van der Waals surface area contributed by atoms with Crippen LogP contribution in [0.15, 0.2) is 0 Å². The molecule has 0 bridgehead atoms. The summed E-state index contributed by atoms with van der Waals surface area (Å²) in [6.07, 6.45) is 0.225. The maximum Gasteiger partial charge on any atom is 0.169 e. The molecule has 66 valence electrons. The molecule has 1 aliphatic heterocycles. The summed E-state index contributed by atoms with van der Waals surface area (Å²) in [6, 6.07) is 0. The number of halogens is 1. The van der Waals surface area contributed by atoms with Gasteiger partial charge in [-0.1, -0.05) is 15.9 Å². The Hall–Kier alpha value is 0.400. The van der Waals surface area contributed by atoms with Crippen LogP contribution in [0.5, 0.6) is 0 Å². The monoisotopic (exact) mass is 221 g/mol. The highest BCUT2D eigenvalue weighted by Crippen LogP contribution is 2.41. The van der Waals surface area contributed by atoms with Gasteiger partial charge in [-0.15, -0.1) is 5.06 Å². The molecule has 0 saturated carbocycles. The van der Waals surface area contributed by atoms with Crippen molar-refractivity contribution in [2.45, 2.75) is 50.7 Å². The second kappa shape index (κ2) is 2.44. The zero-order chi connectivity index (χ0) is 8.86. The van der Waals surface area contributed by atoms with Gasteiger partial charge < -0.3 is 0 Å². The zero-order valence-electron chi connectivity index (χ0n) is 7.81. The first-order valence-corrected chi connectivity index (χ1v) is 4.67. The Morgan fingerprint density at radius 2 is 1.64 bits per heavy atom. The van der Waals surface area contributed by atoms with Crippen LogP contribution in [0.2, 0.25) is 0 Å². The van der Waals surface area contributed by atoms with Crippen LogP contribution in [0.3, 0.4) is 0 Å². The van der Waals surface area contributed by atoms with E-state index < -0.39 is 0 Å². The fourth-order valence-corrected chi connectivity index (χ4v) is 1.26. The van der Waals surface area contributed by atoms with Crippen LogP contribution < -0.4 is 0 Å². The minimum atomic E-state index is 0.0558. The third-order valence-corrected chi connectivity index (χ3v) is 2.02. The number of nitrogens with zero attached hydrogens (tertiary/aromatic N) is 1. The van der Waals surface area contributed by atoms with Gasteiger partial charge in [0.25, 0.3) is 0 Å². The maximum absolute atomic E-state index is 5.43. The molecule has 2 nitrogen and oxygen atoms in total. The van der Waals surface area contributed by atoms with Crippen molar-refractivity contribution in [3.63, 3.8) is 0 Å². The number of rotatable bonds is 1. The van der Waals surface area contributed by atoms with E-state index in [-0.39, 0.29) is 16.1 Å². The van der Waals surface area contributed by atoms with Gasteiger partial charge in [-0.05, 0) is 34.6 Å². The summed E-state index contributed by atoms with van der Waals surface area (Å²) >= 11 is 3.57. The SMILES string of the molecule is CC(C)(Br)[C@H]1ON1C(C)(C)C. The van der Waals surface area contributed by atoms with E-state index in [1.165, 1.54) is 0 Å². The molecule has 3 heteroatoms. The van der Waals surface area contributed by atoms with E-state index in [2.05, 4.69) is 50.5 Å². The smallest absolute Gasteiger partial charge is 0.169 e. The minimum Gasteiger partial charge on any atom is -0.273 e. The van der Waals surface area contributed by atoms with Crippen LogP contribution in [0, 0.1) is 0 Å². The van der Waals surface area contributed by atoms with Crippen LogP contribution in [-0.2, 0) is 4.84 Å². The van der Waals surface area contributed by atoms with E-state index in [1.54, 1.807) is 0 Å². The summed E-state index contributed by atoms with van der Waals surface area (Å²) in [5, 5.41) is 2.02. The van der Waals surface area contributed by atoms with E-state index >= 15 is 0 Å². The molecule has 1 aliphatic rings. The average molecular weight is 222 g/mol. The fraction of sp³-hybridized carbons (Fsp3) is 1.00.